The number of nitrogens with zero attached hydrogens (tertiary/aromatic N) is 3. The number of carboxylic acid groups (broad SMARTS) is 1. The number of halogens is 3. The van der Waals surface area contributed by atoms with Gasteiger partial charge in [0.15, 0.2) is 5.82 Å². The Hall–Kier alpha value is -4.19. The van der Waals surface area contributed by atoms with Crippen LogP contribution in [0, 0.1) is 39.5 Å². The van der Waals surface area contributed by atoms with Gasteiger partial charge in [0.05, 0.1) is 21.9 Å². The van der Waals surface area contributed by atoms with E-state index in [1.807, 2.05) is 6.08 Å². The molecule has 3 aromatic rings. The lowest BCUT2D eigenvalue weighted by atomic mass is 9.78. The van der Waals surface area contributed by atoms with Crippen molar-refractivity contribution in [2.75, 3.05) is 24.5 Å². The predicted molar refractivity (Wildman–Crippen MR) is 145 cm³/mol. The molecule has 2 aromatic carbocycles. The van der Waals surface area contributed by atoms with E-state index in [1.165, 1.54) is 12.1 Å². The zero-order valence-electron chi connectivity index (χ0n) is 21.8. The number of aromatic carboxylic acids is 1. The Labute approximate surface area is 232 Å². The average Bonchev–Trinajstić information content (AvgIpc) is 3.50. The van der Waals surface area contributed by atoms with Gasteiger partial charge >= 0.3 is 5.97 Å². The van der Waals surface area contributed by atoms with E-state index >= 15 is 8.78 Å². The van der Waals surface area contributed by atoms with Gasteiger partial charge < -0.3 is 19.9 Å². The van der Waals surface area contributed by atoms with E-state index in [1.54, 1.807) is 17.0 Å². The van der Waals surface area contributed by atoms with Crippen LogP contribution in [0.25, 0.3) is 10.9 Å². The van der Waals surface area contributed by atoms with Crippen molar-refractivity contribution in [1.29, 1.82) is 0 Å². The van der Waals surface area contributed by atoms with Crippen molar-refractivity contribution in [3.05, 3.63) is 91.8 Å². The number of allylic oxidation sites excluding steroid dienone is 1. The van der Waals surface area contributed by atoms with Crippen molar-refractivity contribution < 1.29 is 28.0 Å². The maximum absolute atomic E-state index is 16.1. The minimum absolute atomic E-state index is 0.0177. The number of pyridine rings is 1. The van der Waals surface area contributed by atoms with E-state index in [9.17, 15) is 29.2 Å². The summed E-state index contributed by atoms with van der Waals surface area (Å²) in [5, 5.41) is 23.4. The number of rotatable bonds is 8. The molecular formula is C29H27F3N4O5. The summed E-state index contributed by atoms with van der Waals surface area (Å²) in [4.78, 5) is 36.7. The highest BCUT2D eigenvalue weighted by molar-refractivity contribution is 5.94. The van der Waals surface area contributed by atoms with Crippen LogP contribution in [-0.2, 0) is 6.54 Å². The van der Waals surface area contributed by atoms with Gasteiger partial charge in [0.25, 0.3) is 5.69 Å². The normalized spacial score (nSPS) is 25.0. The number of anilines is 1. The van der Waals surface area contributed by atoms with Crippen LogP contribution in [0.15, 0.2) is 53.5 Å². The molecule has 12 heteroatoms. The Kier molecular flexibility index (Phi) is 6.80. The Morgan fingerprint density at radius 3 is 2.71 bits per heavy atom. The molecular weight excluding hydrogens is 541 g/mol. The Morgan fingerprint density at radius 2 is 2.00 bits per heavy atom. The monoisotopic (exact) mass is 568 g/mol. The average molecular weight is 569 g/mol. The number of hydrogen-bond acceptors (Lipinski definition) is 6. The fraction of sp³-hybridized carbons (Fsp3) is 0.379. The third kappa shape index (κ3) is 4.86. The number of nitro benzene ring substituents is 1. The number of hydrogen-bond donors (Lipinski definition) is 2. The highest BCUT2D eigenvalue weighted by Gasteiger charge is 2.43. The van der Waals surface area contributed by atoms with Crippen molar-refractivity contribution in [2.24, 2.45) is 17.8 Å². The molecule has 0 bridgehead atoms. The molecule has 3 aliphatic rings. The number of carbonyl (C=O) groups is 1. The van der Waals surface area contributed by atoms with Crippen LogP contribution in [-0.4, -0.2) is 46.4 Å². The number of alkyl halides is 1. The van der Waals surface area contributed by atoms with Gasteiger partial charge in [-0.05, 0) is 42.3 Å². The van der Waals surface area contributed by atoms with E-state index in [0.717, 1.165) is 28.8 Å². The van der Waals surface area contributed by atoms with Crippen LogP contribution in [0.4, 0.5) is 24.5 Å². The second-order valence-corrected chi connectivity index (χ2v) is 11.0. The topological polar surface area (TPSA) is 118 Å². The second-order valence-electron chi connectivity index (χ2n) is 11.0. The SMILES string of the molecule is O=C(O)c1cn(C2CC2F)c2c(F)c(N3CC4C=CCC(CNCc5cccc([N+](=O)[O-])c5)C4C3)c(F)cc2c1=O. The lowest BCUT2D eigenvalue weighted by molar-refractivity contribution is -0.384. The molecule has 2 aliphatic carbocycles. The molecule has 6 rings (SSSR count). The van der Waals surface area contributed by atoms with Gasteiger partial charge in [-0.25, -0.2) is 18.0 Å². The first-order valence-corrected chi connectivity index (χ1v) is 13.4. The van der Waals surface area contributed by atoms with E-state index in [2.05, 4.69) is 11.4 Å². The zero-order valence-corrected chi connectivity index (χ0v) is 21.8. The first kappa shape index (κ1) is 27.0. The summed E-state index contributed by atoms with van der Waals surface area (Å²) < 4.78 is 46.8. The van der Waals surface area contributed by atoms with Crippen LogP contribution < -0.4 is 15.6 Å². The second kappa shape index (κ2) is 10.3. The number of carboxylic acids is 1. The first-order valence-electron chi connectivity index (χ1n) is 13.4. The standard InChI is InChI=1S/C29H27F3N4O5/c30-22-9-24(22)35-14-21(29(38)39)28(37)19-8-23(31)27(25(32)26(19)35)34-12-17-5-2-4-16(20(17)13-34)11-33-10-15-3-1-6-18(7-15)36(40)41/h1-3,5-8,14,16-17,20,22,24,33H,4,9-13H2,(H,38,39). The Morgan fingerprint density at radius 1 is 1.22 bits per heavy atom. The molecule has 41 heavy (non-hydrogen) atoms. The summed E-state index contributed by atoms with van der Waals surface area (Å²) in [6, 6.07) is 6.43. The number of fused-ring (bicyclic) bond motifs is 2. The summed E-state index contributed by atoms with van der Waals surface area (Å²) in [5.74, 6) is -3.28. The summed E-state index contributed by atoms with van der Waals surface area (Å²) >= 11 is 0. The van der Waals surface area contributed by atoms with Gasteiger partial charge in [-0.1, -0.05) is 24.3 Å². The van der Waals surface area contributed by atoms with Gasteiger partial charge in [-0.3, -0.25) is 14.9 Å². The van der Waals surface area contributed by atoms with Gasteiger partial charge in [0.1, 0.15) is 23.2 Å². The molecule has 2 heterocycles. The zero-order chi connectivity index (χ0) is 29.0. The summed E-state index contributed by atoms with van der Waals surface area (Å²) in [6.07, 6.45) is 4.55. The molecule has 1 aromatic heterocycles. The molecule has 2 N–H and O–H groups in total. The van der Waals surface area contributed by atoms with Crippen molar-refractivity contribution in [3.8, 4) is 0 Å². The summed E-state index contributed by atoms with van der Waals surface area (Å²) in [7, 11) is 0. The minimum Gasteiger partial charge on any atom is -0.477 e. The number of aromatic nitrogens is 1. The molecule has 2 fully saturated rings. The maximum atomic E-state index is 16.1. The molecule has 0 spiro atoms. The molecule has 1 saturated carbocycles. The molecule has 0 radical (unpaired) electrons. The van der Waals surface area contributed by atoms with Crippen LogP contribution >= 0.6 is 0 Å². The van der Waals surface area contributed by atoms with Gasteiger partial charge in [0, 0.05) is 44.4 Å². The molecule has 5 atom stereocenters. The Balaban J connectivity index is 1.26. The summed E-state index contributed by atoms with van der Waals surface area (Å²) in [6.45, 7) is 1.73. The molecule has 5 unspecified atom stereocenters. The maximum Gasteiger partial charge on any atom is 0.341 e. The van der Waals surface area contributed by atoms with Crippen LogP contribution in [0.1, 0.15) is 34.8 Å². The van der Waals surface area contributed by atoms with Crippen molar-refractivity contribution in [2.45, 2.75) is 31.6 Å². The van der Waals surface area contributed by atoms with Gasteiger partial charge in [-0.2, -0.15) is 0 Å². The molecule has 1 aliphatic heterocycles. The summed E-state index contributed by atoms with van der Waals surface area (Å²) in [5.41, 5.74) is -1.49. The van der Waals surface area contributed by atoms with Crippen molar-refractivity contribution in [1.82, 2.24) is 9.88 Å². The third-order valence-corrected chi connectivity index (χ3v) is 8.47. The predicted octanol–water partition coefficient (Wildman–Crippen LogP) is 4.59. The van der Waals surface area contributed by atoms with Gasteiger partial charge in [0.2, 0.25) is 5.43 Å². The van der Waals surface area contributed by atoms with E-state index < -0.39 is 51.1 Å². The highest BCUT2D eigenvalue weighted by atomic mass is 19.1. The Bertz CT molecular complexity index is 1660. The molecule has 214 valence electrons. The first-order chi connectivity index (χ1) is 19.6. The van der Waals surface area contributed by atoms with Crippen LogP contribution in [0.5, 0.6) is 0 Å². The van der Waals surface area contributed by atoms with E-state index in [-0.39, 0.29) is 41.1 Å². The number of nitrogens with one attached hydrogen (secondary N) is 1. The fourth-order valence-electron chi connectivity index (χ4n) is 6.33. The van der Waals surface area contributed by atoms with Crippen molar-refractivity contribution in [3.63, 3.8) is 0 Å². The van der Waals surface area contributed by atoms with E-state index in [4.69, 9.17) is 0 Å². The van der Waals surface area contributed by atoms with E-state index in [0.29, 0.717) is 26.2 Å². The number of non-ortho nitro benzene ring substituents is 1. The largest absolute Gasteiger partial charge is 0.477 e. The third-order valence-electron chi connectivity index (χ3n) is 8.47. The van der Waals surface area contributed by atoms with Crippen LogP contribution in [0.3, 0.4) is 0 Å². The smallest absolute Gasteiger partial charge is 0.341 e. The molecule has 0 amide bonds. The minimum atomic E-state index is -1.55. The quantitative estimate of drug-likeness (QED) is 0.232. The lowest BCUT2D eigenvalue weighted by Crippen LogP contribution is -2.33. The fourth-order valence-corrected chi connectivity index (χ4v) is 6.33. The van der Waals surface area contributed by atoms with Crippen LogP contribution in [0.2, 0.25) is 0 Å². The highest BCUT2D eigenvalue weighted by Crippen LogP contribution is 2.44. The van der Waals surface area contributed by atoms with Gasteiger partial charge in [-0.15, -0.1) is 0 Å². The van der Waals surface area contributed by atoms with Crippen molar-refractivity contribution >= 4 is 28.2 Å². The number of nitro groups is 1. The lowest BCUT2D eigenvalue weighted by Gasteiger charge is -2.29. The molecule has 1 saturated heterocycles. The molecule has 9 nitrogen and oxygen atoms in total. The number of benzene rings is 2.